The van der Waals surface area contributed by atoms with Gasteiger partial charge in [0.05, 0.1) is 4.92 Å². The summed E-state index contributed by atoms with van der Waals surface area (Å²) in [6.07, 6.45) is 2.72. The normalized spacial score (nSPS) is 17.5. The lowest BCUT2D eigenvalue weighted by Crippen LogP contribution is -2.19. The number of allylic oxidation sites excluding steroid dienone is 2. The van der Waals surface area contributed by atoms with Gasteiger partial charge in [0, 0.05) is 17.9 Å². The second-order valence-corrected chi connectivity index (χ2v) is 2.72. The van der Waals surface area contributed by atoms with E-state index >= 15 is 0 Å². The maximum atomic E-state index is 10.2. The highest BCUT2D eigenvalue weighted by atomic mass is 35.5. The zero-order valence-electron chi connectivity index (χ0n) is 5.33. The Bertz CT molecular complexity index is 249. The summed E-state index contributed by atoms with van der Waals surface area (Å²) in [6, 6.07) is 0. The van der Waals surface area contributed by atoms with E-state index in [1.807, 2.05) is 0 Å². The van der Waals surface area contributed by atoms with Crippen molar-refractivity contribution >= 4 is 23.4 Å². The van der Waals surface area contributed by atoms with Crippen molar-refractivity contribution in [2.75, 3.05) is 6.54 Å². The number of rotatable bonds is 1. The van der Waals surface area contributed by atoms with Crippen LogP contribution in [0.1, 0.15) is 0 Å². The minimum atomic E-state index is -0.491. The fourth-order valence-electron chi connectivity index (χ4n) is 0.635. The molecule has 0 unspecified atom stereocenters. The maximum absolute atomic E-state index is 10.2. The van der Waals surface area contributed by atoms with E-state index in [4.69, 9.17) is 23.4 Å². The van der Waals surface area contributed by atoms with E-state index in [9.17, 15) is 10.1 Å². The van der Waals surface area contributed by atoms with Crippen LogP contribution in [0.4, 0.5) is 0 Å². The highest BCUT2D eigenvalue weighted by Gasteiger charge is 2.19. The largest absolute Gasteiger partial charge is 0.267 e. The van der Waals surface area contributed by atoms with Crippen LogP contribution in [0.3, 0.4) is 0 Å². The quantitative estimate of drug-likeness (QED) is 0.277. The third kappa shape index (κ3) is 1.85. The molecule has 0 radical (unpaired) electrons. The molecular formula is C5H4Cl2N2O2. The van der Waals surface area contributed by atoms with Gasteiger partial charge in [0.2, 0.25) is 0 Å². The molecule has 0 aromatic carbocycles. The molecule has 1 aliphatic rings. The number of hydrogen-bond donors (Lipinski definition) is 0. The molecule has 0 aromatic rings. The molecular weight excluding hydrogens is 191 g/mol. The molecule has 60 valence electrons. The van der Waals surface area contributed by atoms with Crippen molar-refractivity contribution in [2.24, 2.45) is 0 Å². The molecule has 0 saturated carbocycles. The van der Waals surface area contributed by atoms with E-state index in [2.05, 4.69) is 0 Å². The lowest BCUT2D eigenvalue weighted by atomic mass is 10.3. The van der Waals surface area contributed by atoms with Crippen molar-refractivity contribution in [3.8, 4) is 0 Å². The Morgan fingerprint density at radius 1 is 1.64 bits per heavy atom. The summed E-state index contributed by atoms with van der Waals surface area (Å²) in [7, 11) is 0. The fraction of sp³-hybridized carbons (Fsp3) is 0.200. The average molecular weight is 195 g/mol. The Hall–Kier alpha value is -0.740. The summed E-state index contributed by atoms with van der Waals surface area (Å²) in [5.74, 6) is 0. The van der Waals surface area contributed by atoms with Crippen molar-refractivity contribution in [3.63, 3.8) is 0 Å². The number of hydrogen-bond acceptors (Lipinski definition) is 3. The van der Waals surface area contributed by atoms with E-state index in [1.54, 1.807) is 0 Å². The Balaban J connectivity index is 2.82. The lowest BCUT2D eigenvalue weighted by molar-refractivity contribution is -0.427. The Kier molecular flexibility index (Phi) is 2.36. The van der Waals surface area contributed by atoms with Gasteiger partial charge in [-0.05, 0) is 6.08 Å². The molecule has 0 fully saturated rings. The Labute approximate surface area is 72.9 Å². The zero-order valence-corrected chi connectivity index (χ0v) is 6.84. The van der Waals surface area contributed by atoms with Gasteiger partial charge in [-0.15, -0.1) is 0 Å². The third-order valence-corrected chi connectivity index (χ3v) is 1.90. The number of nitro groups is 1. The first kappa shape index (κ1) is 8.36. The molecule has 11 heavy (non-hydrogen) atoms. The van der Waals surface area contributed by atoms with Gasteiger partial charge in [0.25, 0.3) is 5.70 Å². The molecule has 6 heteroatoms. The SMILES string of the molecule is O=[N+]([O-])C1=CC=C(Cl)N(Cl)C1. The van der Waals surface area contributed by atoms with Gasteiger partial charge in [0.1, 0.15) is 11.7 Å². The molecule has 0 atom stereocenters. The maximum Gasteiger partial charge on any atom is 0.267 e. The first-order chi connectivity index (χ1) is 5.11. The molecule has 0 aliphatic carbocycles. The minimum absolute atomic E-state index is 0.0316. The molecule has 1 aliphatic heterocycles. The number of nitrogens with zero attached hydrogens (tertiary/aromatic N) is 2. The summed E-state index contributed by atoms with van der Waals surface area (Å²) < 4.78 is 1.08. The van der Waals surface area contributed by atoms with Gasteiger partial charge in [-0.3, -0.25) is 14.5 Å². The van der Waals surface area contributed by atoms with Gasteiger partial charge in [-0.1, -0.05) is 11.6 Å². The van der Waals surface area contributed by atoms with Crippen molar-refractivity contribution in [2.45, 2.75) is 0 Å². The smallest absolute Gasteiger partial charge is 0.264 e. The summed E-state index contributed by atoms with van der Waals surface area (Å²) >= 11 is 11.0. The van der Waals surface area contributed by atoms with Crippen LogP contribution in [0.15, 0.2) is 23.0 Å². The van der Waals surface area contributed by atoms with E-state index in [-0.39, 0.29) is 17.4 Å². The monoisotopic (exact) mass is 194 g/mol. The molecule has 1 rings (SSSR count). The molecule has 0 aromatic heterocycles. The summed E-state index contributed by atoms with van der Waals surface area (Å²) in [5.41, 5.74) is 0.0319. The second-order valence-electron chi connectivity index (χ2n) is 1.92. The minimum Gasteiger partial charge on any atom is -0.264 e. The third-order valence-electron chi connectivity index (χ3n) is 1.18. The van der Waals surface area contributed by atoms with Crippen LogP contribution in [0, 0.1) is 10.1 Å². The van der Waals surface area contributed by atoms with Crippen LogP contribution in [0.25, 0.3) is 0 Å². The Morgan fingerprint density at radius 3 is 2.73 bits per heavy atom. The van der Waals surface area contributed by atoms with Crippen molar-refractivity contribution in [1.29, 1.82) is 0 Å². The lowest BCUT2D eigenvalue weighted by Gasteiger charge is -2.14. The van der Waals surface area contributed by atoms with Crippen molar-refractivity contribution in [3.05, 3.63) is 33.1 Å². The molecule has 0 spiro atoms. The van der Waals surface area contributed by atoms with Crippen LogP contribution in [-0.2, 0) is 0 Å². The predicted octanol–water partition coefficient (Wildman–Crippen LogP) is 1.70. The first-order valence-corrected chi connectivity index (χ1v) is 3.47. The molecule has 0 bridgehead atoms. The second kappa shape index (κ2) is 3.11. The molecule has 0 N–H and O–H groups in total. The topological polar surface area (TPSA) is 46.4 Å². The van der Waals surface area contributed by atoms with Crippen LogP contribution in [-0.4, -0.2) is 15.9 Å². The Morgan fingerprint density at radius 2 is 2.27 bits per heavy atom. The van der Waals surface area contributed by atoms with Gasteiger partial charge in [-0.25, -0.2) is 0 Å². The molecule has 1 heterocycles. The van der Waals surface area contributed by atoms with Crippen LogP contribution >= 0.6 is 23.4 Å². The predicted molar refractivity (Wildman–Crippen MR) is 41.6 cm³/mol. The van der Waals surface area contributed by atoms with E-state index < -0.39 is 4.92 Å². The zero-order chi connectivity index (χ0) is 8.43. The summed E-state index contributed by atoms with van der Waals surface area (Å²) in [5, 5.41) is 10.5. The highest BCUT2D eigenvalue weighted by Crippen LogP contribution is 2.19. The highest BCUT2D eigenvalue weighted by molar-refractivity contribution is 6.33. The van der Waals surface area contributed by atoms with Gasteiger partial charge in [0.15, 0.2) is 0 Å². The molecule has 0 saturated heterocycles. The van der Waals surface area contributed by atoms with E-state index in [0.29, 0.717) is 0 Å². The standard InChI is InChI=1S/C5H4Cl2N2O2/c6-5-2-1-4(9(10)11)3-8(5)7/h1-2H,3H2. The van der Waals surface area contributed by atoms with Crippen LogP contribution in [0.2, 0.25) is 0 Å². The van der Waals surface area contributed by atoms with Crippen LogP contribution in [0.5, 0.6) is 0 Å². The van der Waals surface area contributed by atoms with Crippen molar-refractivity contribution in [1.82, 2.24) is 4.42 Å². The fourth-order valence-corrected chi connectivity index (χ4v) is 0.936. The van der Waals surface area contributed by atoms with Gasteiger partial charge >= 0.3 is 0 Å². The average Bonchev–Trinajstić information content (AvgIpc) is 1.94. The van der Waals surface area contributed by atoms with Crippen molar-refractivity contribution < 1.29 is 4.92 Å². The van der Waals surface area contributed by atoms with Gasteiger partial charge in [-0.2, -0.15) is 0 Å². The molecule has 0 amide bonds. The summed E-state index contributed by atoms with van der Waals surface area (Å²) in [4.78, 5) is 9.70. The van der Waals surface area contributed by atoms with Gasteiger partial charge < -0.3 is 0 Å². The first-order valence-electron chi connectivity index (χ1n) is 2.75. The van der Waals surface area contributed by atoms with E-state index in [0.717, 1.165) is 4.42 Å². The van der Waals surface area contributed by atoms with E-state index in [1.165, 1.54) is 12.2 Å². The number of halogens is 2. The van der Waals surface area contributed by atoms with Crippen LogP contribution < -0.4 is 0 Å². The summed E-state index contributed by atoms with van der Waals surface area (Å²) in [6.45, 7) is 0.0316. The molecule has 4 nitrogen and oxygen atoms in total.